The maximum atomic E-state index is 14.9. The van der Waals surface area contributed by atoms with Crippen LogP contribution >= 0.6 is 0 Å². The SMILES string of the molecule is CC(C)NC(=O)C1CC(c2ccc(C(F)(C(F)(F)F)C(F)(F)F)cc2)(S(=O)(=O)c2ccc(F)cc2)CN1C(=O)C1CCC(C(O)O)CC1. The molecule has 8 nitrogen and oxygen atoms in total. The monoisotopic (exact) mass is 714 g/mol. The van der Waals surface area contributed by atoms with E-state index < -0.39 is 109 Å². The molecular weight excluding hydrogens is 680 g/mol. The molecule has 2 aromatic carbocycles. The van der Waals surface area contributed by atoms with Gasteiger partial charge in [0.15, 0.2) is 16.1 Å². The number of nitrogens with zero attached hydrogens (tertiary/aromatic N) is 1. The van der Waals surface area contributed by atoms with E-state index in [0.717, 1.165) is 29.2 Å². The second-order valence-electron chi connectivity index (χ2n) is 12.6. The van der Waals surface area contributed by atoms with Gasteiger partial charge in [-0.3, -0.25) is 9.59 Å². The molecule has 0 spiro atoms. The molecule has 1 saturated heterocycles. The number of nitrogens with one attached hydrogen (secondary N) is 1. The van der Waals surface area contributed by atoms with E-state index in [4.69, 9.17) is 0 Å². The smallest absolute Gasteiger partial charge is 0.368 e. The number of benzene rings is 2. The fourth-order valence-corrected chi connectivity index (χ4v) is 8.59. The molecule has 2 fully saturated rings. The molecule has 1 aliphatic heterocycles. The average Bonchev–Trinajstić information content (AvgIpc) is 3.42. The molecule has 1 aliphatic carbocycles. The van der Waals surface area contributed by atoms with Gasteiger partial charge >= 0.3 is 18.0 Å². The second-order valence-corrected chi connectivity index (χ2v) is 14.8. The van der Waals surface area contributed by atoms with E-state index in [1.54, 1.807) is 13.8 Å². The number of aliphatic hydroxyl groups is 2. The van der Waals surface area contributed by atoms with E-state index in [1.165, 1.54) is 0 Å². The molecule has 0 bridgehead atoms. The number of carbonyl (C=O) groups excluding carboxylic acids is 2. The fourth-order valence-electron chi connectivity index (χ4n) is 6.51. The van der Waals surface area contributed by atoms with E-state index in [1.807, 2.05) is 0 Å². The lowest BCUT2D eigenvalue weighted by molar-refractivity contribution is -0.348. The minimum absolute atomic E-state index is 0.149. The molecule has 2 unspecified atom stereocenters. The first-order chi connectivity index (χ1) is 22.1. The van der Waals surface area contributed by atoms with Crippen molar-refractivity contribution in [1.82, 2.24) is 10.2 Å². The van der Waals surface area contributed by atoms with Gasteiger partial charge in [-0.1, -0.05) is 24.3 Å². The molecule has 1 saturated carbocycles. The van der Waals surface area contributed by atoms with E-state index in [2.05, 4.69) is 5.32 Å². The Kier molecular flexibility index (Phi) is 10.3. The number of hydrogen-bond donors (Lipinski definition) is 3. The summed E-state index contributed by atoms with van der Waals surface area (Å²) in [5.74, 6) is -3.60. The largest absolute Gasteiger partial charge is 0.435 e. The van der Waals surface area contributed by atoms with Crippen molar-refractivity contribution >= 4 is 21.7 Å². The molecule has 2 atom stereocenters. The first kappa shape index (κ1) is 37.5. The Bertz CT molecular complexity index is 1570. The summed E-state index contributed by atoms with van der Waals surface area (Å²) in [5.41, 5.74) is -8.12. The third kappa shape index (κ3) is 6.64. The van der Waals surface area contributed by atoms with Gasteiger partial charge < -0.3 is 20.4 Å². The van der Waals surface area contributed by atoms with Crippen molar-refractivity contribution < 1.29 is 63.3 Å². The number of sulfone groups is 1. The highest BCUT2D eigenvalue weighted by Crippen LogP contribution is 2.54. The maximum Gasteiger partial charge on any atom is 0.435 e. The zero-order valence-electron chi connectivity index (χ0n) is 25.7. The van der Waals surface area contributed by atoms with Crippen LogP contribution in [0.1, 0.15) is 57.1 Å². The second kappa shape index (κ2) is 13.2. The normalized spacial score (nSPS) is 24.3. The molecule has 2 amide bonds. The minimum Gasteiger partial charge on any atom is -0.368 e. The molecule has 266 valence electrons. The van der Waals surface area contributed by atoms with Crippen molar-refractivity contribution in [1.29, 1.82) is 0 Å². The molecule has 2 aliphatic rings. The Morgan fingerprint density at radius 3 is 1.85 bits per heavy atom. The third-order valence-corrected chi connectivity index (χ3v) is 11.6. The summed E-state index contributed by atoms with van der Waals surface area (Å²) in [6, 6.07) is 2.88. The Hall–Kier alpha value is -3.31. The van der Waals surface area contributed by atoms with Crippen LogP contribution in [0.5, 0.6) is 0 Å². The number of hydrogen-bond acceptors (Lipinski definition) is 6. The van der Waals surface area contributed by atoms with Crippen LogP contribution in [-0.4, -0.2) is 72.6 Å². The molecule has 4 rings (SSSR count). The van der Waals surface area contributed by atoms with Gasteiger partial charge in [-0.15, -0.1) is 0 Å². The summed E-state index contributed by atoms with van der Waals surface area (Å²) in [7, 11) is -4.83. The molecule has 1 heterocycles. The van der Waals surface area contributed by atoms with Crippen molar-refractivity contribution in [2.75, 3.05) is 6.54 Å². The van der Waals surface area contributed by atoms with Crippen LogP contribution in [0.3, 0.4) is 0 Å². The summed E-state index contributed by atoms with van der Waals surface area (Å²) in [6.07, 6.45) is -14.5. The average molecular weight is 715 g/mol. The Morgan fingerprint density at radius 2 is 1.40 bits per heavy atom. The molecule has 17 heteroatoms. The summed E-state index contributed by atoms with van der Waals surface area (Å²) < 4.78 is 136. The number of alkyl halides is 7. The van der Waals surface area contributed by atoms with Gasteiger partial charge in [0.1, 0.15) is 16.6 Å². The third-order valence-electron chi connectivity index (χ3n) is 9.11. The number of carbonyl (C=O) groups is 2. The Balaban J connectivity index is 1.88. The summed E-state index contributed by atoms with van der Waals surface area (Å²) in [6.45, 7) is 2.39. The minimum atomic E-state index is -6.44. The molecule has 0 radical (unpaired) electrons. The standard InChI is InChI=1S/C31H34F8N2O6S/c1-17(2)40-25(42)24-15-28(48(46,47)23-13-11-22(32)12-14-23,16-41(24)26(43)18-3-5-19(6-4-18)27(44)45)20-7-9-21(10-8-20)29(33,30(34,35)36)31(37,38)39/h7-14,17-19,24,27,44-45H,3-6,15-16H2,1-2H3,(H,40,42). The number of likely N-dealkylation sites (tertiary alicyclic amines) is 1. The number of rotatable bonds is 8. The van der Waals surface area contributed by atoms with Crippen molar-refractivity contribution in [3.8, 4) is 0 Å². The van der Waals surface area contributed by atoms with Crippen molar-refractivity contribution in [2.45, 2.75) is 92.0 Å². The van der Waals surface area contributed by atoms with Crippen LogP contribution < -0.4 is 5.32 Å². The van der Waals surface area contributed by atoms with Crippen LogP contribution in [0.15, 0.2) is 53.4 Å². The zero-order chi connectivity index (χ0) is 36.0. The predicted molar refractivity (Wildman–Crippen MR) is 154 cm³/mol. The van der Waals surface area contributed by atoms with Crippen LogP contribution in [-0.2, 0) is 29.8 Å². The number of aliphatic hydroxyl groups excluding tert-OH is 1. The summed E-state index contributed by atoms with van der Waals surface area (Å²) in [5, 5.41) is 21.7. The van der Waals surface area contributed by atoms with E-state index in [9.17, 15) is 63.3 Å². The molecular formula is C31H34F8N2O6S. The van der Waals surface area contributed by atoms with Gasteiger partial charge in [0.05, 0.1) is 4.90 Å². The molecule has 2 aromatic rings. The quantitative estimate of drug-likeness (QED) is 0.201. The predicted octanol–water partition coefficient (Wildman–Crippen LogP) is 5.03. The van der Waals surface area contributed by atoms with Crippen LogP contribution in [0.4, 0.5) is 35.1 Å². The van der Waals surface area contributed by atoms with Crippen molar-refractivity contribution in [3.05, 3.63) is 65.5 Å². The van der Waals surface area contributed by atoms with Crippen molar-refractivity contribution in [2.24, 2.45) is 11.8 Å². The van der Waals surface area contributed by atoms with E-state index in [0.29, 0.717) is 12.1 Å². The van der Waals surface area contributed by atoms with Gasteiger partial charge in [-0.05, 0) is 69.4 Å². The summed E-state index contributed by atoms with van der Waals surface area (Å²) in [4.78, 5) is 28.0. The molecule has 3 N–H and O–H groups in total. The Morgan fingerprint density at radius 1 is 0.875 bits per heavy atom. The maximum absolute atomic E-state index is 14.9. The molecule has 48 heavy (non-hydrogen) atoms. The topological polar surface area (TPSA) is 124 Å². The molecule has 0 aromatic heterocycles. The zero-order valence-corrected chi connectivity index (χ0v) is 26.5. The number of halogens is 8. The summed E-state index contributed by atoms with van der Waals surface area (Å²) >= 11 is 0. The highest BCUT2D eigenvalue weighted by molar-refractivity contribution is 7.92. The van der Waals surface area contributed by atoms with Crippen molar-refractivity contribution in [3.63, 3.8) is 0 Å². The van der Waals surface area contributed by atoms with E-state index >= 15 is 0 Å². The number of amides is 2. The van der Waals surface area contributed by atoms with Gasteiger partial charge in [0, 0.05) is 36.4 Å². The van der Waals surface area contributed by atoms with Crippen LogP contribution in [0.2, 0.25) is 0 Å². The highest BCUT2D eigenvalue weighted by atomic mass is 32.2. The lowest BCUT2D eigenvalue weighted by atomic mass is 9.81. The lowest BCUT2D eigenvalue weighted by Crippen LogP contribution is -2.50. The lowest BCUT2D eigenvalue weighted by Gasteiger charge is -2.34. The van der Waals surface area contributed by atoms with Gasteiger partial charge in [0.25, 0.3) is 0 Å². The van der Waals surface area contributed by atoms with Crippen LogP contribution in [0.25, 0.3) is 0 Å². The van der Waals surface area contributed by atoms with Gasteiger partial charge in [0.2, 0.25) is 11.8 Å². The van der Waals surface area contributed by atoms with Crippen LogP contribution in [0, 0.1) is 17.7 Å². The first-order valence-electron chi connectivity index (χ1n) is 15.0. The Labute approximate surface area is 271 Å². The first-order valence-corrected chi connectivity index (χ1v) is 16.5. The van der Waals surface area contributed by atoms with Gasteiger partial charge in [-0.2, -0.15) is 26.3 Å². The highest BCUT2D eigenvalue weighted by Gasteiger charge is 2.73. The van der Waals surface area contributed by atoms with E-state index in [-0.39, 0.29) is 37.8 Å². The fraction of sp³-hybridized carbons (Fsp3) is 0.548. The van der Waals surface area contributed by atoms with Gasteiger partial charge in [-0.25, -0.2) is 17.2 Å².